The van der Waals surface area contributed by atoms with Gasteiger partial charge in [-0.3, -0.25) is 4.79 Å². The van der Waals surface area contributed by atoms with Crippen molar-refractivity contribution in [2.45, 2.75) is 25.5 Å². The molecule has 3 rings (SSSR count). The normalized spacial score (nSPS) is 20.5. The molecule has 0 aromatic carbocycles. The maximum atomic E-state index is 12.9. The number of halogens is 1. The fourth-order valence-corrected chi connectivity index (χ4v) is 2.39. The molecule has 1 aliphatic carbocycles. The summed E-state index contributed by atoms with van der Waals surface area (Å²) in [5.74, 6) is 0.213. The van der Waals surface area contributed by atoms with Crippen LogP contribution < -0.4 is 5.32 Å². The highest BCUT2D eigenvalue weighted by Crippen LogP contribution is 2.29. The number of methoxy groups -OCH3 is 1. The molecule has 2 heterocycles. The van der Waals surface area contributed by atoms with Gasteiger partial charge in [-0.15, -0.1) is 0 Å². The van der Waals surface area contributed by atoms with Crippen LogP contribution in [0.2, 0.25) is 0 Å². The van der Waals surface area contributed by atoms with Gasteiger partial charge in [-0.25, -0.2) is 14.1 Å². The fourth-order valence-electron chi connectivity index (χ4n) is 2.39. The molecule has 0 atom stereocenters. The van der Waals surface area contributed by atoms with E-state index < -0.39 is 5.82 Å². The van der Waals surface area contributed by atoms with E-state index in [9.17, 15) is 9.18 Å². The zero-order chi connectivity index (χ0) is 15.5. The third-order valence-electron chi connectivity index (χ3n) is 3.86. The predicted octanol–water partition coefficient (Wildman–Crippen LogP) is 1.45. The van der Waals surface area contributed by atoms with E-state index in [2.05, 4.69) is 15.4 Å². The van der Waals surface area contributed by atoms with Gasteiger partial charge in [0.05, 0.1) is 18.5 Å². The zero-order valence-electron chi connectivity index (χ0n) is 12.2. The van der Waals surface area contributed by atoms with Gasteiger partial charge in [-0.1, -0.05) is 6.07 Å². The first-order chi connectivity index (χ1) is 10.7. The Labute approximate surface area is 127 Å². The van der Waals surface area contributed by atoms with Crippen molar-refractivity contribution < 1.29 is 13.9 Å². The van der Waals surface area contributed by atoms with E-state index in [1.165, 1.54) is 10.9 Å². The van der Waals surface area contributed by atoms with Gasteiger partial charge in [0.25, 0.3) is 0 Å². The van der Waals surface area contributed by atoms with Crippen LogP contribution in [0.4, 0.5) is 4.39 Å². The topological polar surface area (TPSA) is 69.0 Å². The van der Waals surface area contributed by atoms with Gasteiger partial charge in [-0.2, -0.15) is 5.10 Å². The molecule has 2 aromatic heterocycles. The lowest BCUT2D eigenvalue weighted by molar-refractivity contribution is -0.132. The molecule has 0 aliphatic heterocycles. The molecular weight excluding hydrogens is 287 g/mol. The first-order valence-corrected chi connectivity index (χ1v) is 7.11. The number of hydrogen-bond acceptors (Lipinski definition) is 4. The Kier molecular flexibility index (Phi) is 4.15. The van der Waals surface area contributed by atoms with E-state index in [-0.39, 0.29) is 17.9 Å². The summed E-state index contributed by atoms with van der Waals surface area (Å²) < 4.78 is 19.4. The quantitative estimate of drug-likeness (QED) is 0.907. The molecule has 0 saturated heterocycles. The van der Waals surface area contributed by atoms with Crippen molar-refractivity contribution in [3.63, 3.8) is 0 Å². The fraction of sp³-hybridized carbons (Fsp3) is 0.400. The highest BCUT2D eigenvalue weighted by molar-refractivity contribution is 5.79. The largest absolute Gasteiger partial charge is 0.381 e. The minimum atomic E-state index is -0.409. The number of aromatic nitrogens is 3. The zero-order valence-corrected chi connectivity index (χ0v) is 12.2. The number of nitrogens with one attached hydrogen (secondary N) is 1. The van der Waals surface area contributed by atoms with Gasteiger partial charge in [0, 0.05) is 25.8 Å². The van der Waals surface area contributed by atoms with E-state index in [4.69, 9.17) is 4.74 Å². The first-order valence-electron chi connectivity index (χ1n) is 7.11. The summed E-state index contributed by atoms with van der Waals surface area (Å²) in [6.45, 7) is 0.424. The maximum Gasteiger partial charge on any atom is 0.223 e. The third-order valence-corrected chi connectivity index (χ3v) is 3.86. The molecule has 0 bridgehead atoms. The van der Waals surface area contributed by atoms with E-state index in [1.807, 2.05) is 6.07 Å². The SMILES string of the molecule is COC1CC(C(=O)NCc2ccc(-n3cc(F)cn3)nc2)C1. The number of pyridine rings is 1. The molecule has 1 amide bonds. The van der Waals surface area contributed by atoms with Gasteiger partial charge >= 0.3 is 0 Å². The average molecular weight is 304 g/mol. The Hall–Kier alpha value is -2.28. The van der Waals surface area contributed by atoms with Crippen molar-refractivity contribution in [2.24, 2.45) is 5.92 Å². The molecule has 1 fully saturated rings. The summed E-state index contributed by atoms with van der Waals surface area (Å²) in [6, 6.07) is 3.57. The molecule has 7 heteroatoms. The van der Waals surface area contributed by atoms with Crippen LogP contribution in [0, 0.1) is 11.7 Å². The summed E-state index contributed by atoms with van der Waals surface area (Å²) >= 11 is 0. The van der Waals surface area contributed by atoms with Crippen LogP contribution in [-0.2, 0) is 16.1 Å². The van der Waals surface area contributed by atoms with Gasteiger partial charge in [0.15, 0.2) is 11.6 Å². The number of carbonyl (C=O) groups excluding carboxylic acids is 1. The average Bonchev–Trinajstić information content (AvgIpc) is 2.91. The molecule has 2 aromatic rings. The van der Waals surface area contributed by atoms with Crippen LogP contribution in [-0.4, -0.2) is 33.9 Å². The number of rotatable bonds is 5. The number of ether oxygens (including phenoxy) is 1. The Bertz CT molecular complexity index is 650. The molecule has 1 N–H and O–H groups in total. The first kappa shape index (κ1) is 14.6. The molecule has 1 saturated carbocycles. The van der Waals surface area contributed by atoms with Crippen molar-refractivity contribution >= 4 is 5.91 Å². The number of nitrogens with zero attached hydrogens (tertiary/aromatic N) is 3. The molecule has 0 unspecified atom stereocenters. The predicted molar refractivity (Wildman–Crippen MR) is 76.7 cm³/mol. The summed E-state index contributed by atoms with van der Waals surface area (Å²) in [4.78, 5) is 16.1. The van der Waals surface area contributed by atoms with Gasteiger partial charge < -0.3 is 10.1 Å². The minimum absolute atomic E-state index is 0.0456. The van der Waals surface area contributed by atoms with Crippen molar-refractivity contribution in [3.8, 4) is 5.82 Å². The Morgan fingerprint density at radius 1 is 1.45 bits per heavy atom. The maximum absolute atomic E-state index is 12.9. The van der Waals surface area contributed by atoms with Crippen LogP contribution in [0.5, 0.6) is 0 Å². The highest BCUT2D eigenvalue weighted by atomic mass is 19.1. The lowest BCUT2D eigenvalue weighted by atomic mass is 9.81. The van der Waals surface area contributed by atoms with E-state index >= 15 is 0 Å². The number of hydrogen-bond donors (Lipinski definition) is 1. The molecule has 22 heavy (non-hydrogen) atoms. The Balaban J connectivity index is 1.52. The molecule has 0 spiro atoms. The van der Waals surface area contributed by atoms with E-state index in [0.29, 0.717) is 12.4 Å². The van der Waals surface area contributed by atoms with E-state index in [0.717, 1.165) is 24.6 Å². The second kappa shape index (κ2) is 6.23. The lowest BCUT2D eigenvalue weighted by Gasteiger charge is -2.32. The van der Waals surface area contributed by atoms with Crippen molar-refractivity contribution in [2.75, 3.05) is 7.11 Å². The Morgan fingerprint density at radius 3 is 2.86 bits per heavy atom. The lowest BCUT2D eigenvalue weighted by Crippen LogP contribution is -2.41. The summed E-state index contributed by atoms with van der Waals surface area (Å²) in [7, 11) is 1.66. The molecular formula is C15H17FN4O2. The van der Waals surface area contributed by atoms with Crippen molar-refractivity contribution in [1.29, 1.82) is 0 Å². The second-order valence-corrected chi connectivity index (χ2v) is 5.37. The summed E-state index contributed by atoms with van der Waals surface area (Å²) in [5.41, 5.74) is 0.882. The van der Waals surface area contributed by atoms with Crippen LogP contribution in [0.15, 0.2) is 30.7 Å². The smallest absolute Gasteiger partial charge is 0.223 e. The number of amides is 1. The van der Waals surface area contributed by atoms with Crippen LogP contribution in [0.1, 0.15) is 18.4 Å². The molecule has 1 aliphatic rings. The molecule has 116 valence electrons. The summed E-state index contributed by atoms with van der Waals surface area (Å²) in [5, 5.41) is 6.74. The van der Waals surface area contributed by atoms with Crippen molar-refractivity contribution in [1.82, 2.24) is 20.1 Å². The second-order valence-electron chi connectivity index (χ2n) is 5.37. The molecule has 6 nitrogen and oxygen atoms in total. The van der Waals surface area contributed by atoms with Gasteiger partial charge in [0.2, 0.25) is 5.91 Å². The van der Waals surface area contributed by atoms with Gasteiger partial charge in [-0.05, 0) is 24.5 Å². The Morgan fingerprint density at radius 2 is 2.27 bits per heavy atom. The van der Waals surface area contributed by atoms with Crippen LogP contribution >= 0.6 is 0 Å². The minimum Gasteiger partial charge on any atom is -0.381 e. The highest BCUT2D eigenvalue weighted by Gasteiger charge is 2.34. The van der Waals surface area contributed by atoms with Gasteiger partial charge in [0.1, 0.15) is 0 Å². The standard InChI is InChI=1S/C15H17FN4O2/c1-22-13-4-11(5-13)15(21)18-7-10-2-3-14(17-6-10)20-9-12(16)8-19-20/h2-3,6,8-9,11,13H,4-5,7H2,1H3,(H,18,21). The number of carbonyl (C=O) groups is 1. The summed E-state index contributed by atoms with van der Waals surface area (Å²) in [6.07, 6.45) is 5.81. The van der Waals surface area contributed by atoms with Crippen LogP contribution in [0.25, 0.3) is 5.82 Å². The monoisotopic (exact) mass is 304 g/mol. The third kappa shape index (κ3) is 3.14. The molecule has 0 radical (unpaired) electrons. The van der Waals surface area contributed by atoms with Crippen molar-refractivity contribution in [3.05, 3.63) is 42.1 Å². The van der Waals surface area contributed by atoms with E-state index in [1.54, 1.807) is 19.4 Å². The van der Waals surface area contributed by atoms with Crippen LogP contribution in [0.3, 0.4) is 0 Å².